The molecule has 11 heavy (non-hydrogen) atoms. The Morgan fingerprint density at radius 3 is 2.64 bits per heavy atom. The van der Waals surface area contributed by atoms with Crippen molar-refractivity contribution in [2.75, 3.05) is 0 Å². The molecule has 1 rings (SSSR count). The van der Waals surface area contributed by atoms with Crippen LogP contribution in [0.2, 0.25) is 0 Å². The highest BCUT2D eigenvalue weighted by molar-refractivity contribution is 5.89. The standard InChI is InChI=1S/C9H8O2/c1-6-3-4-8(9(10)11)7(2)5-6/h2-5H,1H3,(H,10,11). The van der Waals surface area contributed by atoms with Gasteiger partial charge in [0.1, 0.15) is 0 Å². The van der Waals surface area contributed by atoms with Crippen molar-refractivity contribution in [2.45, 2.75) is 6.92 Å². The smallest absolute Gasteiger partial charge is 0.335 e. The summed E-state index contributed by atoms with van der Waals surface area (Å²) in [6.45, 7) is 7.30. The van der Waals surface area contributed by atoms with Gasteiger partial charge >= 0.3 is 5.97 Å². The van der Waals surface area contributed by atoms with E-state index in [-0.39, 0.29) is 5.56 Å². The number of hydrogen-bond acceptors (Lipinski definition) is 1. The maximum atomic E-state index is 10.5. The second kappa shape index (κ2) is 2.74. The van der Waals surface area contributed by atoms with Crippen molar-refractivity contribution < 1.29 is 9.90 Å². The van der Waals surface area contributed by atoms with E-state index in [1.54, 1.807) is 12.1 Å². The van der Waals surface area contributed by atoms with Crippen LogP contribution in [0.1, 0.15) is 21.5 Å². The van der Waals surface area contributed by atoms with Gasteiger partial charge in [0.25, 0.3) is 0 Å². The highest BCUT2D eigenvalue weighted by Gasteiger charge is 2.04. The van der Waals surface area contributed by atoms with Crippen LogP contribution in [0.25, 0.3) is 0 Å². The zero-order valence-corrected chi connectivity index (χ0v) is 6.16. The minimum atomic E-state index is -0.984. The Bertz CT molecular complexity index is 290. The molecule has 0 amide bonds. The maximum Gasteiger partial charge on any atom is 0.335 e. The van der Waals surface area contributed by atoms with Crippen molar-refractivity contribution in [1.29, 1.82) is 0 Å². The molecular formula is C9H8O2. The zero-order valence-electron chi connectivity index (χ0n) is 6.16. The van der Waals surface area contributed by atoms with E-state index in [0.717, 1.165) is 5.56 Å². The second-order valence-electron chi connectivity index (χ2n) is 2.40. The van der Waals surface area contributed by atoms with Gasteiger partial charge in [-0.2, -0.15) is 0 Å². The minimum Gasteiger partial charge on any atom is -0.478 e. The fraction of sp³-hybridized carbons (Fsp3) is 0.111. The van der Waals surface area contributed by atoms with Crippen molar-refractivity contribution in [1.82, 2.24) is 0 Å². The summed E-state index contributed by atoms with van der Waals surface area (Å²) < 4.78 is 0. The van der Waals surface area contributed by atoms with Gasteiger partial charge in [-0.25, -0.2) is 4.79 Å². The van der Waals surface area contributed by atoms with Gasteiger partial charge in [0.2, 0.25) is 0 Å². The average molecular weight is 148 g/mol. The minimum absolute atomic E-state index is 0.163. The molecule has 0 atom stereocenters. The third kappa shape index (κ3) is 1.58. The predicted octanol–water partition coefficient (Wildman–Crippen LogP) is 1.75. The van der Waals surface area contributed by atoms with Crippen LogP contribution < -0.4 is 0 Å². The first-order valence-electron chi connectivity index (χ1n) is 3.20. The van der Waals surface area contributed by atoms with Gasteiger partial charge in [0, 0.05) is 0 Å². The molecule has 2 radical (unpaired) electrons. The summed E-state index contributed by atoms with van der Waals surface area (Å²) in [6.07, 6.45) is 0. The number of hydrogen-bond donors (Lipinski definition) is 1. The van der Waals surface area contributed by atoms with Crippen LogP contribution >= 0.6 is 0 Å². The van der Waals surface area contributed by atoms with Gasteiger partial charge in [-0.3, -0.25) is 0 Å². The first-order chi connectivity index (χ1) is 5.11. The third-order valence-corrected chi connectivity index (χ3v) is 1.44. The Morgan fingerprint density at radius 2 is 2.18 bits per heavy atom. The van der Waals surface area contributed by atoms with E-state index in [2.05, 4.69) is 0 Å². The largest absolute Gasteiger partial charge is 0.478 e. The molecule has 0 bridgehead atoms. The van der Waals surface area contributed by atoms with E-state index < -0.39 is 5.97 Å². The number of carbonyl (C=O) groups is 1. The van der Waals surface area contributed by atoms with E-state index in [1.165, 1.54) is 6.07 Å². The molecule has 0 unspecified atom stereocenters. The molecule has 1 N–H and O–H groups in total. The van der Waals surface area contributed by atoms with E-state index in [4.69, 9.17) is 12.0 Å². The molecule has 1 aromatic rings. The molecule has 0 aliphatic heterocycles. The Hall–Kier alpha value is -1.31. The fourth-order valence-corrected chi connectivity index (χ4v) is 0.877. The Balaban J connectivity index is 3.20. The van der Waals surface area contributed by atoms with Crippen LogP contribution in [0.5, 0.6) is 0 Å². The van der Waals surface area contributed by atoms with Crippen LogP contribution in [0.15, 0.2) is 18.2 Å². The summed E-state index contributed by atoms with van der Waals surface area (Å²) in [5, 5.41) is 8.58. The van der Waals surface area contributed by atoms with Crippen molar-refractivity contribution in [2.24, 2.45) is 0 Å². The summed E-state index contributed by atoms with van der Waals surface area (Å²) in [7, 11) is 0. The molecule has 2 nitrogen and oxygen atoms in total. The molecule has 1 aromatic carbocycles. The van der Waals surface area contributed by atoms with Crippen LogP contribution in [0.3, 0.4) is 0 Å². The van der Waals surface area contributed by atoms with Crippen molar-refractivity contribution in [3.8, 4) is 0 Å². The highest BCUT2D eigenvalue weighted by atomic mass is 16.4. The van der Waals surface area contributed by atoms with E-state index in [9.17, 15) is 4.79 Å². The van der Waals surface area contributed by atoms with Crippen LogP contribution in [0.4, 0.5) is 0 Å². The summed E-state index contributed by atoms with van der Waals surface area (Å²) in [5.74, 6) is -0.984. The van der Waals surface area contributed by atoms with Crippen molar-refractivity contribution in [3.63, 3.8) is 0 Å². The monoisotopic (exact) mass is 148 g/mol. The Morgan fingerprint density at radius 1 is 1.55 bits per heavy atom. The van der Waals surface area contributed by atoms with Crippen molar-refractivity contribution in [3.05, 3.63) is 41.8 Å². The van der Waals surface area contributed by atoms with E-state index >= 15 is 0 Å². The summed E-state index contributed by atoms with van der Waals surface area (Å²) in [6, 6.07) is 4.87. The van der Waals surface area contributed by atoms with Gasteiger partial charge in [-0.15, -0.1) is 0 Å². The number of benzene rings is 1. The highest BCUT2D eigenvalue weighted by Crippen LogP contribution is 2.09. The predicted molar refractivity (Wildman–Crippen MR) is 41.5 cm³/mol. The van der Waals surface area contributed by atoms with Gasteiger partial charge in [-0.1, -0.05) is 17.7 Å². The molecular weight excluding hydrogens is 140 g/mol. The Labute approximate surface area is 65.5 Å². The summed E-state index contributed by atoms with van der Waals surface area (Å²) >= 11 is 0. The number of rotatable bonds is 1. The van der Waals surface area contributed by atoms with Gasteiger partial charge in [-0.05, 0) is 25.5 Å². The third-order valence-electron chi connectivity index (χ3n) is 1.44. The van der Waals surface area contributed by atoms with Gasteiger partial charge in [0.05, 0.1) is 5.56 Å². The molecule has 0 aliphatic carbocycles. The molecule has 0 saturated heterocycles. The summed E-state index contributed by atoms with van der Waals surface area (Å²) in [4.78, 5) is 10.5. The lowest BCUT2D eigenvalue weighted by molar-refractivity contribution is 0.0696. The Kier molecular flexibility index (Phi) is 1.94. The average Bonchev–Trinajstić information content (AvgIpc) is 1.85. The van der Waals surface area contributed by atoms with Gasteiger partial charge < -0.3 is 5.11 Å². The maximum absolute atomic E-state index is 10.5. The van der Waals surface area contributed by atoms with Crippen LogP contribution in [-0.2, 0) is 0 Å². The van der Waals surface area contributed by atoms with Gasteiger partial charge in [0.15, 0.2) is 0 Å². The van der Waals surface area contributed by atoms with Crippen LogP contribution in [-0.4, -0.2) is 11.1 Å². The lowest BCUT2D eigenvalue weighted by Crippen LogP contribution is -1.99. The normalized spacial score (nSPS) is 9.64. The second-order valence-corrected chi connectivity index (χ2v) is 2.40. The zero-order chi connectivity index (χ0) is 8.43. The number of carboxylic acids is 1. The van der Waals surface area contributed by atoms with Crippen LogP contribution in [0, 0.1) is 13.8 Å². The number of aryl methyl sites for hydroxylation is 1. The summed E-state index contributed by atoms with van der Waals surface area (Å²) in [5.41, 5.74) is 1.45. The lowest BCUT2D eigenvalue weighted by Gasteiger charge is -1.99. The fourth-order valence-electron chi connectivity index (χ4n) is 0.877. The molecule has 2 heteroatoms. The topological polar surface area (TPSA) is 37.3 Å². The van der Waals surface area contributed by atoms with E-state index in [0.29, 0.717) is 5.56 Å². The number of aromatic carboxylic acids is 1. The SMILES string of the molecule is [CH]c1cc(C)ccc1C(=O)O. The first-order valence-corrected chi connectivity index (χ1v) is 3.20. The molecule has 0 heterocycles. The van der Waals surface area contributed by atoms with Crippen molar-refractivity contribution >= 4 is 5.97 Å². The molecule has 56 valence electrons. The molecule has 0 fully saturated rings. The first kappa shape index (κ1) is 7.79. The number of carboxylic acid groups (broad SMARTS) is 1. The lowest BCUT2D eigenvalue weighted by atomic mass is 10.1. The van der Waals surface area contributed by atoms with E-state index in [1.807, 2.05) is 6.92 Å². The molecule has 0 aromatic heterocycles. The molecule has 0 spiro atoms. The molecule has 0 aliphatic rings. The quantitative estimate of drug-likeness (QED) is 0.658. The molecule has 0 saturated carbocycles.